The summed E-state index contributed by atoms with van der Waals surface area (Å²) in [6, 6.07) is 9.68. The number of likely N-dealkylation sites (N-methyl/N-ethyl adjacent to an activating group) is 1. The Kier molecular flexibility index (Phi) is 5.91. The van der Waals surface area contributed by atoms with Crippen molar-refractivity contribution in [3.05, 3.63) is 41.4 Å². The molecule has 0 aliphatic rings. The number of rotatable bonds is 6. The van der Waals surface area contributed by atoms with E-state index in [-0.39, 0.29) is 18.7 Å². The lowest BCUT2D eigenvalue weighted by Gasteiger charge is -2.23. The van der Waals surface area contributed by atoms with Gasteiger partial charge >= 0.3 is 6.03 Å². The number of amides is 2. The van der Waals surface area contributed by atoms with E-state index >= 15 is 0 Å². The summed E-state index contributed by atoms with van der Waals surface area (Å²) in [7, 11) is 1.67. The number of carbonyl (C=O) groups is 1. The number of nitrogens with zero attached hydrogens (tertiary/aromatic N) is 2. The number of aliphatic hydroxyl groups excluding tert-OH is 1. The Morgan fingerprint density at radius 2 is 2.14 bits per heavy atom. The second kappa shape index (κ2) is 7.91. The van der Waals surface area contributed by atoms with Gasteiger partial charge in [-0.2, -0.15) is 0 Å². The van der Waals surface area contributed by atoms with Crippen molar-refractivity contribution in [2.24, 2.45) is 0 Å². The van der Waals surface area contributed by atoms with Crippen LogP contribution in [-0.2, 0) is 6.42 Å². The molecular formula is C16H21N3O2S. The van der Waals surface area contributed by atoms with Gasteiger partial charge in [0.25, 0.3) is 0 Å². The molecule has 2 amide bonds. The van der Waals surface area contributed by atoms with Crippen molar-refractivity contribution in [3.8, 4) is 10.6 Å². The van der Waals surface area contributed by atoms with Gasteiger partial charge in [-0.15, -0.1) is 11.3 Å². The first-order valence-electron chi connectivity index (χ1n) is 7.23. The van der Waals surface area contributed by atoms with Gasteiger partial charge in [0.1, 0.15) is 5.01 Å². The molecule has 2 rings (SSSR count). The van der Waals surface area contributed by atoms with Crippen molar-refractivity contribution in [2.75, 3.05) is 20.2 Å². The maximum Gasteiger partial charge on any atom is 0.317 e. The minimum Gasteiger partial charge on any atom is -0.394 e. The summed E-state index contributed by atoms with van der Waals surface area (Å²) in [5, 5.41) is 14.9. The minimum absolute atomic E-state index is 0.0452. The zero-order valence-corrected chi connectivity index (χ0v) is 13.6. The molecular weight excluding hydrogens is 298 g/mol. The van der Waals surface area contributed by atoms with Crippen molar-refractivity contribution < 1.29 is 9.90 Å². The van der Waals surface area contributed by atoms with Gasteiger partial charge < -0.3 is 15.3 Å². The van der Waals surface area contributed by atoms with E-state index in [1.807, 2.05) is 35.7 Å². The Hall–Kier alpha value is -1.92. The van der Waals surface area contributed by atoms with E-state index in [9.17, 15) is 4.79 Å². The van der Waals surface area contributed by atoms with Crippen molar-refractivity contribution in [1.29, 1.82) is 0 Å². The molecule has 0 saturated carbocycles. The number of urea groups is 1. The average Bonchev–Trinajstić information content (AvgIpc) is 3.03. The molecule has 6 heteroatoms. The first-order chi connectivity index (χ1) is 10.6. The third-order valence-electron chi connectivity index (χ3n) is 3.48. The van der Waals surface area contributed by atoms with Crippen LogP contribution in [0.3, 0.4) is 0 Å². The summed E-state index contributed by atoms with van der Waals surface area (Å²) in [5.74, 6) is 0. The van der Waals surface area contributed by atoms with Crippen LogP contribution >= 0.6 is 11.3 Å². The zero-order valence-electron chi connectivity index (χ0n) is 12.8. The van der Waals surface area contributed by atoms with Gasteiger partial charge in [0.2, 0.25) is 0 Å². The normalized spacial score (nSPS) is 12.0. The fourth-order valence-corrected chi connectivity index (χ4v) is 2.74. The van der Waals surface area contributed by atoms with Crippen molar-refractivity contribution >= 4 is 17.4 Å². The molecule has 2 N–H and O–H groups in total. The summed E-state index contributed by atoms with van der Waals surface area (Å²) in [6.45, 7) is 2.28. The highest BCUT2D eigenvalue weighted by Gasteiger charge is 2.14. The smallest absolute Gasteiger partial charge is 0.317 e. The lowest BCUT2D eigenvalue weighted by Crippen LogP contribution is -2.44. The Morgan fingerprint density at radius 1 is 1.41 bits per heavy atom. The molecule has 0 aliphatic carbocycles. The molecule has 0 radical (unpaired) electrons. The van der Waals surface area contributed by atoms with Crippen LogP contribution in [0.2, 0.25) is 0 Å². The molecule has 0 fully saturated rings. The second-order valence-electron chi connectivity index (χ2n) is 5.13. The summed E-state index contributed by atoms with van der Waals surface area (Å²) in [5.41, 5.74) is 2.08. The van der Waals surface area contributed by atoms with Crippen LogP contribution in [-0.4, -0.2) is 47.3 Å². The average molecular weight is 319 g/mol. The van der Waals surface area contributed by atoms with E-state index in [4.69, 9.17) is 5.11 Å². The lowest BCUT2D eigenvalue weighted by atomic mass is 10.2. The van der Waals surface area contributed by atoms with E-state index in [1.165, 1.54) is 4.90 Å². The van der Waals surface area contributed by atoms with E-state index in [0.29, 0.717) is 13.0 Å². The summed E-state index contributed by atoms with van der Waals surface area (Å²) >= 11 is 1.61. The van der Waals surface area contributed by atoms with Gasteiger partial charge in [0, 0.05) is 31.0 Å². The van der Waals surface area contributed by atoms with E-state index in [0.717, 1.165) is 16.3 Å². The summed E-state index contributed by atoms with van der Waals surface area (Å²) in [4.78, 5) is 17.9. The number of aliphatic hydroxyl groups is 1. The Morgan fingerprint density at radius 3 is 2.82 bits per heavy atom. The molecule has 1 unspecified atom stereocenters. The molecule has 0 spiro atoms. The number of benzene rings is 1. The Bertz CT molecular complexity index is 600. The molecule has 0 bridgehead atoms. The lowest BCUT2D eigenvalue weighted by molar-refractivity contribution is 0.157. The molecule has 1 aromatic heterocycles. The van der Waals surface area contributed by atoms with Crippen molar-refractivity contribution in [2.45, 2.75) is 19.4 Å². The third kappa shape index (κ3) is 4.29. The van der Waals surface area contributed by atoms with Gasteiger partial charge in [-0.25, -0.2) is 9.78 Å². The number of carbonyl (C=O) groups excluding carboxylic acids is 1. The largest absolute Gasteiger partial charge is 0.394 e. The van der Waals surface area contributed by atoms with Crippen LogP contribution in [0.5, 0.6) is 0 Å². The minimum atomic E-state index is -0.191. The highest BCUT2D eigenvalue weighted by Crippen LogP contribution is 2.23. The Balaban J connectivity index is 1.83. The number of thiazole rings is 1. The second-order valence-corrected chi connectivity index (χ2v) is 5.99. The van der Waals surface area contributed by atoms with Crippen LogP contribution in [0.25, 0.3) is 10.6 Å². The summed E-state index contributed by atoms with van der Waals surface area (Å²) in [6.07, 6.45) is 0.691. The van der Waals surface area contributed by atoms with Crippen molar-refractivity contribution in [1.82, 2.24) is 15.2 Å². The number of hydrogen-bond donors (Lipinski definition) is 2. The van der Waals surface area contributed by atoms with Crippen LogP contribution < -0.4 is 5.32 Å². The first kappa shape index (κ1) is 16.5. The third-order valence-corrected chi connectivity index (χ3v) is 4.42. The monoisotopic (exact) mass is 319 g/mol. The van der Waals surface area contributed by atoms with Crippen LogP contribution in [0, 0.1) is 0 Å². The molecule has 1 atom stereocenters. The molecule has 22 heavy (non-hydrogen) atoms. The van der Waals surface area contributed by atoms with Gasteiger partial charge in [0.15, 0.2) is 0 Å². The van der Waals surface area contributed by atoms with Gasteiger partial charge in [-0.1, -0.05) is 30.3 Å². The first-order valence-corrected chi connectivity index (χ1v) is 8.11. The fourth-order valence-electron chi connectivity index (χ4n) is 1.88. The molecule has 0 saturated heterocycles. The maximum absolute atomic E-state index is 11.8. The number of hydrogen-bond acceptors (Lipinski definition) is 4. The molecule has 0 aliphatic heterocycles. The SMILES string of the molecule is CC(CO)N(C)C(=O)NCCc1csc(-c2ccccc2)n1. The summed E-state index contributed by atoms with van der Waals surface area (Å²) < 4.78 is 0. The molecule has 118 valence electrons. The molecule has 5 nitrogen and oxygen atoms in total. The van der Waals surface area contributed by atoms with Gasteiger partial charge in [-0.3, -0.25) is 0 Å². The van der Waals surface area contributed by atoms with E-state index in [1.54, 1.807) is 25.3 Å². The molecule has 2 aromatic rings. The topological polar surface area (TPSA) is 65.5 Å². The quantitative estimate of drug-likeness (QED) is 0.859. The van der Waals surface area contributed by atoms with Gasteiger partial charge in [0.05, 0.1) is 18.3 Å². The standard InChI is InChI=1S/C16H21N3O2S/c1-12(10-20)19(2)16(21)17-9-8-14-11-22-15(18-14)13-6-4-3-5-7-13/h3-7,11-12,20H,8-10H2,1-2H3,(H,17,21). The van der Waals surface area contributed by atoms with Crippen LogP contribution in [0.1, 0.15) is 12.6 Å². The number of aromatic nitrogens is 1. The van der Waals surface area contributed by atoms with E-state index < -0.39 is 0 Å². The van der Waals surface area contributed by atoms with Crippen molar-refractivity contribution in [3.63, 3.8) is 0 Å². The fraction of sp³-hybridized carbons (Fsp3) is 0.375. The molecule has 1 heterocycles. The zero-order chi connectivity index (χ0) is 15.9. The predicted molar refractivity (Wildman–Crippen MR) is 89.0 cm³/mol. The van der Waals surface area contributed by atoms with Gasteiger partial charge in [-0.05, 0) is 6.92 Å². The predicted octanol–water partition coefficient (Wildman–Crippen LogP) is 2.37. The highest BCUT2D eigenvalue weighted by molar-refractivity contribution is 7.13. The highest BCUT2D eigenvalue weighted by atomic mass is 32.1. The molecule has 1 aromatic carbocycles. The van der Waals surface area contributed by atoms with Crippen LogP contribution in [0.4, 0.5) is 4.79 Å². The maximum atomic E-state index is 11.8. The van der Waals surface area contributed by atoms with Crippen LogP contribution in [0.15, 0.2) is 35.7 Å². The Labute approximate surface area is 134 Å². The number of nitrogens with one attached hydrogen (secondary N) is 1. The van der Waals surface area contributed by atoms with E-state index in [2.05, 4.69) is 10.3 Å².